The van der Waals surface area contributed by atoms with Gasteiger partial charge in [-0.25, -0.2) is 0 Å². The summed E-state index contributed by atoms with van der Waals surface area (Å²) in [6.45, 7) is 0.477. The minimum atomic E-state index is 0.477. The van der Waals surface area contributed by atoms with Gasteiger partial charge in [0.2, 0.25) is 0 Å². The average molecular weight is 160 g/mol. The maximum absolute atomic E-state index is 5.60. The number of alkyl halides is 1. The number of nitrogens with zero attached hydrogens (tertiary/aromatic N) is 2. The number of rotatable bonds is 2. The molecule has 2 N–H and O–H groups in total. The highest BCUT2D eigenvalue weighted by atomic mass is 35.5. The van der Waals surface area contributed by atoms with E-state index in [2.05, 4.69) is 5.10 Å². The molecule has 1 rings (SSSR count). The fourth-order valence-electron chi connectivity index (χ4n) is 0.796. The topological polar surface area (TPSA) is 43.8 Å². The summed E-state index contributed by atoms with van der Waals surface area (Å²) in [5, 5.41) is 4.11. The summed E-state index contributed by atoms with van der Waals surface area (Å²) >= 11 is 5.60. The van der Waals surface area contributed by atoms with Crippen LogP contribution < -0.4 is 5.73 Å². The Labute approximate surface area is 64.8 Å². The first-order chi connectivity index (χ1) is 4.77. The van der Waals surface area contributed by atoms with Gasteiger partial charge in [0.15, 0.2) is 0 Å². The van der Waals surface area contributed by atoms with Crippen molar-refractivity contribution in [1.29, 1.82) is 0 Å². The van der Waals surface area contributed by atoms with Crippen LogP contribution in [0.4, 0.5) is 0 Å². The molecular formula is C6H10ClN3. The second kappa shape index (κ2) is 3.03. The molecule has 0 saturated carbocycles. The normalized spacial score (nSPS) is 10.3. The van der Waals surface area contributed by atoms with Crippen molar-refractivity contribution in [3.05, 3.63) is 17.5 Å². The largest absolute Gasteiger partial charge is 0.325 e. The molecule has 0 amide bonds. The molecule has 56 valence electrons. The molecule has 0 aliphatic rings. The zero-order valence-electron chi connectivity index (χ0n) is 5.84. The Morgan fingerprint density at radius 3 is 2.80 bits per heavy atom. The van der Waals surface area contributed by atoms with Crippen LogP contribution >= 0.6 is 11.6 Å². The van der Waals surface area contributed by atoms with E-state index in [4.69, 9.17) is 17.3 Å². The Balaban J connectivity index is 2.92. The summed E-state index contributed by atoms with van der Waals surface area (Å²) in [6, 6.07) is 1.91. The Kier molecular flexibility index (Phi) is 2.29. The Morgan fingerprint density at radius 2 is 2.50 bits per heavy atom. The Hall–Kier alpha value is -0.540. The molecule has 0 fully saturated rings. The molecule has 0 unspecified atom stereocenters. The van der Waals surface area contributed by atoms with Crippen molar-refractivity contribution in [3.63, 3.8) is 0 Å². The van der Waals surface area contributed by atoms with Crippen molar-refractivity contribution in [3.8, 4) is 0 Å². The predicted molar refractivity (Wildman–Crippen MR) is 40.7 cm³/mol. The number of hydrogen-bond acceptors (Lipinski definition) is 2. The zero-order chi connectivity index (χ0) is 7.56. The quantitative estimate of drug-likeness (QED) is 0.643. The van der Waals surface area contributed by atoms with Crippen molar-refractivity contribution in [2.45, 2.75) is 12.4 Å². The number of nitrogens with two attached hydrogens (primary N) is 1. The van der Waals surface area contributed by atoms with E-state index in [1.165, 1.54) is 0 Å². The molecule has 1 aromatic rings. The van der Waals surface area contributed by atoms with E-state index in [1.54, 1.807) is 4.68 Å². The molecule has 10 heavy (non-hydrogen) atoms. The third kappa shape index (κ3) is 1.30. The van der Waals surface area contributed by atoms with E-state index in [1.807, 2.05) is 13.1 Å². The fraction of sp³-hybridized carbons (Fsp3) is 0.500. The van der Waals surface area contributed by atoms with Crippen LogP contribution in [-0.2, 0) is 19.5 Å². The highest BCUT2D eigenvalue weighted by Crippen LogP contribution is 2.04. The van der Waals surface area contributed by atoms with Gasteiger partial charge in [-0.1, -0.05) is 0 Å². The highest BCUT2D eigenvalue weighted by Gasteiger charge is 2.00. The lowest BCUT2D eigenvalue weighted by molar-refractivity contribution is 0.716. The van der Waals surface area contributed by atoms with Gasteiger partial charge in [0, 0.05) is 13.6 Å². The van der Waals surface area contributed by atoms with Crippen LogP contribution in [-0.4, -0.2) is 9.78 Å². The highest BCUT2D eigenvalue weighted by molar-refractivity contribution is 6.16. The van der Waals surface area contributed by atoms with E-state index >= 15 is 0 Å². The van der Waals surface area contributed by atoms with Crippen LogP contribution in [0.1, 0.15) is 11.4 Å². The zero-order valence-corrected chi connectivity index (χ0v) is 6.60. The van der Waals surface area contributed by atoms with E-state index in [-0.39, 0.29) is 0 Å². The van der Waals surface area contributed by atoms with E-state index < -0.39 is 0 Å². The molecule has 0 bridgehead atoms. The summed E-state index contributed by atoms with van der Waals surface area (Å²) in [4.78, 5) is 0. The minimum Gasteiger partial charge on any atom is -0.325 e. The molecular weight excluding hydrogens is 150 g/mol. The second-order valence-corrected chi connectivity index (χ2v) is 2.36. The maximum Gasteiger partial charge on any atom is 0.0763 e. The number of aryl methyl sites for hydroxylation is 1. The third-order valence-corrected chi connectivity index (χ3v) is 1.65. The van der Waals surface area contributed by atoms with Gasteiger partial charge in [0.25, 0.3) is 0 Å². The molecule has 1 heterocycles. The fourth-order valence-corrected chi connectivity index (χ4v) is 1.05. The lowest BCUT2D eigenvalue weighted by Crippen LogP contribution is -1.99. The van der Waals surface area contributed by atoms with Crippen LogP contribution in [0.5, 0.6) is 0 Å². The summed E-state index contributed by atoms with van der Waals surface area (Å²) in [5.41, 5.74) is 7.26. The van der Waals surface area contributed by atoms with Gasteiger partial charge in [-0.3, -0.25) is 4.68 Å². The SMILES string of the molecule is Cn1nc(CN)cc1CCl. The van der Waals surface area contributed by atoms with Crippen molar-refractivity contribution in [2.75, 3.05) is 0 Å². The molecule has 0 saturated heterocycles. The van der Waals surface area contributed by atoms with Crippen LogP contribution in [0.2, 0.25) is 0 Å². The smallest absolute Gasteiger partial charge is 0.0763 e. The first-order valence-corrected chi connectivity index (χ1v) is 3.59. The van der Waals surface area contributed by atoms with Gasteiger partial charge in [-0.2, -0.15) is 5.10 Å². The summed E-state index contributed by atoms with van der Waals surface area (Å²) in [7, 11) is 1.86. The van der Waals surface area contributed by atoms with Crippen molar-refractivity contribution in [2.24, 2.45) is 12.8 Å². The van der Waals surface area contributed by atoms with Crippen molar-refractivity contribution in [1.82, 2.24) is 9.78 Å². The molecule has 0 aliphatic heterocycles. The monoisotopic (exact) mass is 159 g/mol. The molecule has 4 heteroatoms. The number of halogens is 1. The number of aromatic nitrogens is 2. The van der Waals surface area contributed by atoms with E-state index in [9.17, 15) is 0 Å². The maximum atomic E-state index is 5.60. The van der Waals surface area contributed by atoms with Gasteiger partial charge >= 0.3 is 0 Å². The predicted octanol–water partition coefficient (Wildman–Crippen LogP) is 0.618. The van der Waals surface area contributed by atoms with Crippen LogP contribution in [0.3, 0.4) is 0 Å². The minimum absolute atomic E-state index is 0.477. The van der Waals surface area contributed by atoms with Gasteiger partial charge in [0.05, 0.1) is 17.3 Å². The van der Waals surface area contributed by atoms with Gasteiger partial charge < -0.3 is 5.73 Å². The molecule has 3 nitrogen and oxygen atoms in total. The lowest BCUT2D eigenvalue weighted by atomic mass is 10.4. The van der Waals surface area contributed by atoms with Crippen molar-refractivity contribution >= 4 is 11.6 Å². The summed E-state index contributed by atoms with van der Waals surface area (Å²) in [5.74, 6) is 0.490. The van der Waals surface area contributed by atoms with Gasteiger partial charge in [-0.05, 0) is 6.07 Å². The molecule has 0 aromatic carbocycles. The molecule has 0 radical (unpaired) electrons. The Morgan fingerprint density at radius 1 is 1.80 bits per heavy atom. The third-order valence-electron chi connectivity index (χ3n) is 1.37. The first-order valence-electron chi connectivity index (χ1n) is 3.05. The average Bonchev–Trinajstić information content (AvgIpc) is 2.30. The van der Waals surface area contributed by atoms with E-state index in [0.717, 1.165) is 11.4 Å². The van der Waals surface area contributed by atoms with Crippen LogP contribution in [0, 0.1) is 0 Å². The van der Waals surface area contributed by atoms with Gasteiger partial charge in [-0.15, -0.1) is 11.6 Å². The van der Waals surface area contributed by atoms with Crippen LogP contribution in [0.25, 0.3) is 0 Å². The number of hydrogen-bond donors (Lipinski definition) is 1. The molecule has 0 aliphatic carbocycles. The molecule has 0 atom stereocenters. The van der Waals surface area contributed by atoms with Gasteiger partial charge in [0.1, 0.15) is 0 Å². The standard InChI is InChI=1S/C6H10ClN3/c1-10-6(3-7)2-5(4-8)9-10/h2H,3-4,8H2,1H3. The molecule has 1 aromatic heterocycles. The Bertz CT molecular complexity index is 219. The van der Waals surface area contributed by atoms with E-state index in [0.29, 0.717) is 12.4 Å². The summed E-state index contributed by atoms with van der Waals surface area (Å²) < 4.78 is 1.75. The van der Waals surface area contributed by atoms with Crippen LogP contribution in [0.15, 0.2) is 6.07 Å². The molecule has 0 spiro atoms. The first kappa shape index (κ1) is 7.57. The summed E-state index contributed by atoms with van der Waals surface area (Å²) in [6.07, 6.45) is 0. The second-order valence-electron chi connectivity index (χ2n) is 2.09. The lowest BCUT2D eigenvalue weighted by Gasteiger charge is -1.91. The van der Waals surface area contributed by atoms with Crippen molar-refractivity contribution < 1.29 is 0 Å².